The van der Waals surface area contributed by atoms with Crippen LogP contribution in [0.5, 0.6) is 0 Å². The zero-order chi connectivity index (χ0) is 30.3. The van der Waals surface area contributed by atoms with Crippen LogP contribution in [0.1, 0.15) is 10.4 Å². The topological polar surface area (TPSA) is 0 Å². The molecule has 0 N–H and O–H groups in total. The molecule has 6 aromatic carbocycles. The quantitative estimate of drug-likeness (QED) is 0.126. The van der Waals surface area contributed by atoms with Gasteiger partial charge < -0.3 is 0 Å². The first-order valence-corrected chi connectivity index (χ1v) is 27.6. The van der Waals surface area contributed by atoms with Crippen molar-refractivity contribution in [1.29, 1.82) is 0 Å². The molecule has 0 spiro atoms. The van der Waals surface area contributed by atoms with Gasteiger partial charge in [-0.15, -0.1) is 69.1 Å². The van der Waals surface area contributed by atoms with Crippen LogP contribution in [0.15, 0.2) is 133 Å². The molecule has 7 aromatic rings. The second-order valence-electron chi connectivity index (χ2n) is 10.8. The third-order valence-corrected chi connectivity index (χ3v) is 28.0. The first kappa shape index (κ1) is 31.9. The Morgan fingerprint density at radius 2 is 1.12 bits per heavy atom. The maximum atomic E-state index is 5.62. The zero-order valence-corrected chi connectivity index (χ0v) is 30.7. The van der Waals surface area contributed by atoms with Gasteiger partial charge in [-0.2, -0.15) is 17.4 Å². The van der Waals surface area contributed by atoms with Gasteiger partial charge in [-0.3, -0.25) is 0 Å². The van der Waals surface area contributed by atoms with Crippen LogP contribution >= 0.6 is 28.4 Å². The summed E-state index contributed by atoms with van der Waals surface area (Å²) in [6.07, 6.45) is 0. The van der Waals surface area contributed by atoms with Gasteiger partial charge in [0, 0.05) is 0 Å². The molecule has 0 saturated carbocycles. The van der Waals surface area contributed by atoms with Crippen LogP contribution in [0.25, 0.3) is 54.2 Å². The molecule has 1 aromatic heterocycles. The fraction of sp³-hybridized carbons (Fsp3) is 0.105. The number of benzene rings is 4. The van der Waals surface area contributed by atoms with E-state index in [1.54, 1.807) is 0 Å². The second kappa shape index (κ2) is 15.0. The fourth-order valence-electron chi connectivity index (χ4n) is 5.09. The molecule has 216 valence electrons. The Bertz CT molecular complexity index is 1960. The Labute approximate surface area is 274 Å². The van der Waals surface area contributed by atoms with Crippen LogP contribution in [-0.4, -0.2) is 5.43 Å². The van der Waals surface area contributed by atoms with E-state index >= 15 is 0 Å². The largest absolute Gasteiger partial charge is 0.182 e. The number of halogens is 2. The molecule has 5 heteroatoms. The van der Waals surface area contributed by atoms with Crippen molar-refractivity contribution in [2.24, 2.45) is 0 Å². The summed E-state index contributed by atoms with van der Waals surface area (Å²) in [4.78, 5) is 2.71. The Morgan fingerprint density at radius 3 is 1.60 bits per heavy atom. The van der Waals surface area contributed by atoms with E-state index in [4.69, 9.17) is 17.0 Å². The summed E-state index contributed by atoms with van der Waals surface area (Å²) >= 11 is 0.204. The van der Waals surface area contributed by atoms with Gasteiger partial charge in [0.2, 0.25) is 0 Å². The molecule has 0 atom stereocenters. The molecule has 0 aliphatic heterocycles. The first-order valence-electron chi connectivity index (χ1n) is 14.3. The Kier molecular flexibility index (Phi) is 11.1. The molecule has 0 aliphatic carbocycles. The van der Waals surface area contributed by atoms with E-state index in [-0.39, 0.29) is 5.43 Å². The van der Waals surface area contributed by atoms with E-state index in [2.05, 4.69) is 160 Å². The van der Waals surface area contributed by atoms with Gasteiger partial charge in [0.05, 0.1) is 0 Å². The van der Waals surface area contributed by atoms with Crippen LogP contribution in [0.4, 0.5) is 0 Å². The van der Waals surface area contributed by atoms with Crippen molar-refractivity contribution in [2.75, 3.05) is 0 Å². The van der Waals surface area contributed by atoms with Gasteiger partial charge in [0.15, 0.2) is 0 Å². The van der Waals surface area contributed by atoms with Gasteiger partial charge in [-0.25, -0.2) is 0 Å². The predicted octanol–water partition coefficient (Wildman–Crippen LogP) is 13.0. The minimum absolute atomic E-state index is 0.224. The van der Waals surface area contributed by atoms with Crippen LogP contribution in [0, 0.1) is 13.8 Å². The number of thiophene rings is 1. The summed E-state index contributed by atoms with van der Waals surface area (Å²) in [6, 6.07) is 47.8. The summed E-state index contributed by atoms with van der Waals surface area (Å²) in [5.74, 6) is 0. The van der Waals surface area contributed by atoms with Gasteiger partial charge in [0.1, 0.15) is 0 Å². The Hall–Kier alpha value is -2.52. The SMILES string of the molecule is C[Si](C)=[Zr]([Cl])[Cl].Cc1cc2c(-c3ccccc3)cccc2[cH-]1.Cc1ccc(-c2cc3c(-c4ccccc4)cccc3[cH-]2)s1. The number of rotatable bonds is 3. The molecule has 1 heterocycles. The number of hydrogen-bond donors (Lipinski definition) is 0. The third kappa shape index (κ3) is 8.15. The van der Waals surface area contributed by atoms with Gasteiger partial charge in [-0.05, 0) is 27.8 Å². The average Bonchev–Trinajstić information content (AvgIpc) is 3.75. The predicted molar refractivity (Wildman–Crippen MR) is 192 cm³/mol. The number of fused-ring (bicyclic) bond motifs is 2. The molecule has 43 heavy (non-hydrogen) atoms. The number of hydrogen-bond acceptors (Lipinski definition) is 1. The van der Waals surface area contributed by atoms with Crippen LogP contribution in [0.2, 0.25) is 13.1 Å². The molecule has 7 rings (SSSR count). The van der Waals surface area contributed by atoms with Crippen molar-refractivity contribution in [3.8, 4) is 32.7 Å². The second-order valence-corrected chi connectivity index (χ2v) is 35.1. The first-order chi connectivity index (χ1) is 20.8. The van der Waals surface area contributed by atoms with Crippen molar-refractivity contribution in [3.63, 3.8) is 0 Å². The van der Waals surface area contributed by atoms with Crippen molar-refractivity contribution < 1.29 is 18.0 Å². The fourth-order valence-corrected chi connectivity index (χ4v) is 5.94. The van der Waals surface area contributed by atoms with Crippen molar-refractivity contribution in [1.82, 2.24) is 0 Å². The molecular formula is C38H34Cl2SSiZr-2. The van der Waals surface area contributed by atoms with Gasteiger partial charge in [0.25, 0.3) is 0 Å². The van der Waals surface area contributed by atoms with Crippen LogP contribution in [0.3, 0.4) is 0 Å². The molecule has 0 amide bonds. The zero-order valence-electron chi connectivity index (χ0n) is 24.9. The van der Waals surface area contributed by atoms with E-state index in [0.29, 0.717) is 0 Å². The van der Waals surface area contributed by atoms with E-state index in [9.17, 15) is 0 Å². The monoisotopic (exact) mass is 710 g/mol. The summed E-state index contributed by atoms with van der Waals surface area (Å²) in [5, 5.41) is 5.34. The number of aryl methyl sites for hydroxylation is 2. The van der Waals surface area contributed by atoms with Crippen molar-refractivity contribution in [3.05, 3.63) is 144 Å². The molecule has 0 unspecified atom stereocenters. The molecular weight excluding hydrogens is 679 g/mol. The standard InChI is InChI=1S/C20H15S.C16H13.C2H6Si.2ClH.Zr/c1-14-10-11-20(21-14)17-12-16-8-5-9-18(19(16)13-17)15-6-3-2-4-7-15;1-12-10-14-8-5-9-15(16(14)11-12)13-6-3-2-4-7-13;1-3-2;;;/h2-13H,1H3;2-11H,1H3;1-2H3;2*1H;/q2*-1;;;;+2/p-2. The molecule has 0 saturated heterocycles. The summed E-state index contributed by atoms with van der Waals surface area (Å²) in [7, 11) is 11.2. The Balaban J connectivity index is 0.000000148. The minimum Gasteiger partial charge on any atom is -0.182 e. The average molecular weight is 713 g/mol. The van der Waals surface area contributed by atoms with E-state index in [1.165, 1.54) is 64.7 Å². The molecule has 0 bridgehead atoms. The molecule has 0 aliphatic rings. The van der Waals surface area contributed by atoms with Gasteiger partial charge >= 0.3 is 53.5 Å². The third-order valence-electron chi connectivity index (χ3n) is 7.22. The molecule has 0 fully saturated rings. The van der Waals surface area contributed by atoms with Crippen molar-refractivity contribution >= 4 is 55.3 Å². The van der Waals surface area contributed by atoms with E-state index < -0.39 is 18.0 Å². The minimum atomic E-state index is -1.65. The van der Waals surface area contributed by atoms with E-state index in [1.807, 2.05) is 11.3 Å². The normalized spacial score (nSPS) is 10.6. The maximum Gasteiger partial charge on any atom is -0.00658 e. The summed E-state index contributed by atoms with van der Waals surface area (Å²) in [5.41, 5.74) is 7.64. The summed E-state index contributed by atoms with van der Waals surface area (Å²) < 4.78 is 0. The maximum absolute atomic E-state index is 5.62. The van der Waals surface area contributed by atoms with Gasteiger partial charge in [-0.1, -0.05) is 109 Å². The molecule has 0 radical (unpaired) electrons. The Morgan fingerprint density at radius 1 is 0.605 bits per heavy atom. The van der Waals surface area contributed by atoms with Crippen LogP contribution < -0.4 is 0 Å². The molecule has 0 nitrogen and oxygen atoms in total. The van der Waals surface area contributed by atoms with Crippen molar-refractivity contribution in [2.45, 2.75) is 26.9 Å². The smallest absolute Gasteiger partial charge is 0.00658 e. The summed E-state index contributed by atoms with van der Waals surface area (Å²) in [6.45, 7) is 8.64. The van der Waals surface area contributed by atoms with E-state index in [0.717, 1.165) is 0 Å². The van der Waals surface area contributed by atoms with Crippen LogP contribution in [-0.2, 0) is 18.0 Å².